The number of fused-ring (bicyclic) bond motifs is 2. The zero-order valence-electron chi connectivity index (χ0n) is 45.2. The number of hydrogen-bond acceptors (Lipinski definition) is 7. The number of allylic oxidation sites excluding steroid dienone is 1. The van der Waals surface area contributed by atoms with Gasteiger partial charge in [-0.25, -0.2) is 4.79 Å². The highest BCUT2D eigenvalue weighted by molar-refractivity contribution is 6.74. The van der Waals surface area contributed by atoms with Gasteiger partial charge in [0.05, 0.1) is 17.8 Å². The third-order valence-electron chi connectivity index (χ3n) is 20.2. The van der Waals surface area contributed by atoms with Crippen LogP contribution in [0.15, 0.2) is 12.2 Å². The molecule has 0 aromatic rings. The van der Waals surface area contributed by atoms with Crippen molar-refractivity contribution < 1.29 is 33.4 Å². The largest absolute Gasteiger partial charge is 0.463 e. The second-order valence-electron chi connectivity index (χ2n) is 27.8. The van der Waals surface area contributed by atoms with Crippen molar-refractivity contribution in [3.63, 3.8) is 0 Å². The summed E-state index contributed by atoms with van der Waals surface area (Å²) in [5, 5.41) is 21.0. The molecule has 6 saturated carbocycles. The number of carbonyl (C=O) groups excluding carboxylic acids is 2. The molecule has 6 aliphatic rings. The Bertz CT molecular complexity index is 1650. The lowest BCUT2D eigenvalue weighted by Crippen LogP contribution is -2.50. The van der Waals surface area contributed by atoms with Gasteiger partial charge in [-0.05, 0) is 212 Å². The molecule has 0 saturated heterocycles. The molecule has 6 rings (SSSR count). The molecule has 0 aromatic heterocycles. The summed E-state index contributed by atoms with van der Waals surface area (Å²) in [7, 11) is -3.60. The highest BCUT2D eigenvalue weighted by Gasteiger charge is 2.68. The highest BCUT2D eigenvalue weighted by Crippen LogP contribution is 2.74. The molecule has 0 heterocycles. The van der Waals surface area contributed by atoms with Crippen molar-refractivity contribution in [1.82, 2.24) is 0 Å². The van der Waals surface area contributed by atoms with Gasteiger partial charge in [0.2, 0.25) is 0 Å². The van der Waals surface area contributed by atoms with Crippen LogP contribution in [0.5, 0.6) is 0 Å². The van der Waals surface area contributed by atoms with E-state index in [1.165, 1.54) is 70.5 Å². The van der Waals surface area contributed by atoms with E-state index in [-0.39, 0.29) is 40.2 Å². The van der Waals surface area contributed by atoms with Crippen LogP contribution < -0.4 is 0 Å². The minimum Gasteiger partial charge on any atom is -0.463 e. The molecule has 7 nitrogen and oxygen atoms in total. The summed E-state index contributed by atoms with van der Waals surface area (Å²) in [6.07, 6.45) is 26.6. The summed E-state index contributed by atoms with van der Waals surface area (Å²) in [6, 6.07) is 0. The second kappa shape index (κ2) is 20.7. The predicted molar refractivity (Wildman–Crippen MR) is 280 cm³/mol. The van der Waals surface area contributed by atoms with Gasteiger partial charge in [-0.2, -0.15) is 0 Å². The Morgan fingerprint density at radius 3 is 1.39 bits per heavy atom. The molecule has 6 aliphatic carbocycles. The van der Waals surface area contributed by atoms with Gasteiger partial charge in [-0.15, -0.1) is 0 Å². The zero-order chi connectivity index (χ0) is 48.9. The van der Waals surface area contributed by atoms with Crippen molar-refractivity contribution in [3.8, 4) is 0 Å². The van der Waals surface area contributed by atoms with E-state index in [2.05, 4.69) is 87.7 Å². The summed E-state index contributed by atoms with van der Waals surface area (Å²) in [5.74, 6) is 3.03. The van der Waals surface area contributed by atoms with Crippen LogP contribution in [0.4, 0.5) is 0 Å². The van der Waals surface area contributed by atoms with E-state index in [9.17, 15) is 19.8 Å². The number of ether oxygens (including phenoxy) is 1. The molecule has 0 spiro atoms. The van der Waals surface area contributed by atoms with Crippen molar-refractivity contribution in [3.05, 3.63) is 12.2 Å². The fourth-order valence-corrected chi connectivity index (χ4v) is 17.3. The molecular formula is C57H106O7Si2. The first-order valence-corrected chi connectivity index (χ1v) is 32.6. The summed E-state index contributed by atoms with van der Waals surface area (Å²) in [5.41, 5.74) is -0.195. The first kappa shape index (κ1) is 57.7. The van der Waals surface area contributed by atoms with E-state index in [0.29, 0.717) is 59.2 Å². The highest BCUT2D eigenvalue weighted by atomic mass is 28.4. The van der Waals surface area contributed by atoms with Gasteiger partial charge in [0.15, 0.2) is 16.6 Å². The topological polar surface area (TPSA) is 102 Å². The number of rotatable bonds is 18. The maximum absolute atomic E-state index is 12.0. The quantitative estimate of drug-likeness (QED) is 0.0610. The van der Waals surface area contributed by atoms with E-state index in [1.54, 1.807) is 6.08 Å². The molecule has 66 heavy (non-hydrogen) atoms. The monoisotopic (exact) mass is 959 g/mol. The molecule has 9 heteroatoms. The Balaban J connectivity index is 0.000000287. The minimum absolute atomic E-state index is 0. The van der Waals surface area contributed by atoms with Gasteiger partial charge in [0.1, 0.15) is 6.29 Å². The molecule has 0 bridgehead atoms. The van der Waals surface area contributed by atoms with Crippen LogP contribution >= 0.6 is 0 Å². The van der Waals surface area contributed by atoms with Crippen LogP contribution in [0.1, 0.15) is 213 Å². The van der Waals surface area contributed by atoms with Crippen LogP contribution in [-0.2, 0) is 23.2 Å². The van der Waals surface area contributed by atoms with E-state index >= 15 is 0 Å². The van der Waals surface area contributed by atoms with Gasteiger partial charge in [0.25, 0.3) is 0 Å². The third-order valence-corrected chi connectivity index (χ3v) is 29.2. The van der Waals surface area contributed by atoms with Crippen LogP contribution in [0.25, 0.3) is 0 Å². The van der Waals surface area contributed by atoms with E-state index in [1.807, 2.05) is 34.6 Å². The van der Waals surface area contributed by atoms with Crippen molar-refractivity contribution >= 4 is 28.9 Å². The van der Waals surface area contributed by atoms with Gasteiger partial charge < -0.3 is 28.6 Å². The second-order valence-corrected chi connectivity index (χ2v) is 37.3. The fourth-order valence-electron chi connectivity index (χ4n) is 14.5. The molecule has 0 amide bonds. The zero-order valence-corrected chi connectivity index (χ0v) is 47.2. The van der Waals surface area contributed by atoms with Gasteiger partial charge in [0, 0.05) is 24.2 Å². The molecule has 2 N–H and O–H groups in total. The Kier molecular flexibility index (Phi) is 18.1. The number of esters is 1. The first-order valence-electron chi connectivity index (χ1n) is 26.8. The number of carbonyl (C=O) groups is 2. The van der Waals surface area contributed by atoms with Crippen LogP contribution in [0.3, 0.4) is 0 Å². The SMILES string of the molecule is C.CC(C)(O)CCCC1(C2CCC3[C@@H](O[Si](C)(C)C(C)(C)C)CCC[C@@]32C)CC1C=O.CCOC(=O)C=CC1CC1(CCCC(C)(C)O)C1CCC2[C@@H](O[Si](C)(C)C(C)(C)C)CCC[C@@]21C. The Labute approximate surface area is 409 Å². The Morgan fingerprint density at radius 1 is 0.652 bits per heavy atom. The molecular weight excluding hydrogens is 853 g/mol. The average Bonchev–Trinajstić information content (AvgIpc) is 3.95. The van der Waals surface area contributed by atoms with Gasteiger partial charge in [-0.1, -0.05) is 94.6 Å². The van der Waals surface area contributed by atoms with Crippen molar-refractivity contribution in [2.24, 2.45) is 57.2 Å². The lowest BCUT2D eigenvalue weighted by Gasteiger charge is -2.50. The van der Waals surface area contributed by atoms with Crippen LogP contribution in [0, 0.1) is 57.2 Å². The number of hydrogen-bond donors (Lipinski definition) is 2. The average molecular weight is 960 g/mol. The number of aliphatic hydroxyl groups is 2. The lowest BCUT2D eigenvalue weighted by molar-refractivity contribution is -0.137. The molecule has 0 aromatic carbocycles. The normalized spacial score (nSPS) is 37.0. The van der Waals surface area contributed by atoms with Crippen molar-refractivity contribution in [1.29, 1.82) is 0 Å². The van der Waals surface area contributed by atoms with E-state index < -0.39 is 27.8 Å². The summed E-state index contributed by atoms with van der Waals surface area (Å²) in [4.78, 5) is 23.9. The Hall–Kier alpha value is -0.846. The van der Waals surface area contributed by atoms with E-state index in [0.717, 1.165) is 51.4 Å². The van der Waals surface area contributed by atoms with Gasteiger partial charge in [-0.3, -0.25) is 0 Å². The molecule has 12 atom stereocenters. The summed E-state index contributed by atoms with van der Waals surface area (Å²) >= 11 is 0. The third kappa shape index (κ3) is 12.6. The smallest absolute Gasteiger partial charge is 0.330 e. The van der Waals surface area contributed by atoms with Crippen LogP contribution in [-0.4, -0.2) is 69.1 Å². The maximum atomic E-state index is 12.0. The fraction of sp³-hybridized carbons (Fsp3) is 0.930. The lowest BCUT2D eigenvalue weighted by atomic mass is 9.59. The Morgan fingerprint density at radius 2 is 1.05 bits per heavy atom. The summed E-state index contributed by atoms with van der Waals surface area (Å²) in [6.45, 7) is 38.7. The summed E-state index contributed by atoms with van der Waals surface area (Å²) < 4.78 is 19.3. The molecule has 384 valence electrons. The predicted octanol–water partition coefficient (Wildman–Crippen LogP) is 15.0. The van der Waals surface area contributed by atoms with Crippen molar-refractivity contribution in [2.45, 2.75) is 273 Å². The molecule has 0 aliphatic heterocycles. The van der Waals surface area contributed by atoms with E-state index in [4.69, 9.17) is 13.6 Å². The van der Waals surface area contributed by atoms with Gasteiger partial charge >= 0.3 is 5.97 Å². The first-order chi connectivity index (χ1) is 29.7. The molecule has 6 fully saturated rings. The molecule has 0 radical (unpaired) electrons. The van der Waals surface area contributed by atoms with Crippen molar-refractivity contribution in [2.75, 3.05) is 6.61 Å². The standard InChI is InChI=1S/C30H54O4Si.C26H48O3Si.CH4/c1-10-33-26(31)17-14-22-21-30(22,20-12-18-28(5,6)32)25-16-15-23-24(13-11-19-29(23,25)7)34-35(8,9)27(2,3)4;1-23(2,3)30(7,8)29-21-11-9-15-25(6)20(21)12-13-22(25)26(17-19(26)18-27)16-10-14-24(4,5)28;/h14,17,22-25,32H,10-13,15-16,18-21H2,1-9H3;18-22,28H,9-17H2,1-8H3;1H4/t22?,23?,24-,25?,29-,30?;19?,20?,21-,22?,25-,26?;/m00./s1. The number of aldehydes is 1. The minimum atomic E-state index is -1.82. The molecule has 8 unspecified atom stereocenters. The van der Waals surface area contributed by atoms with Crippen LogP contribution in [0.2, 0.25) is 36.3 Å². The maximum Gasteiger partial charge on any atom is 0.330 e.